The fourth-order valence-electron chi connectivity index (χ4n) is 1.90. The predicted octanol–water partition coefficient (Wildman–Crippen LogP) is 2.62. The van der Waals surface area contributed by atoms with E-state index >= 15 is 0 Å². The number of nitrogens with one attached hydrogen (secondary N) is 2. The molecule has 0 atom stereocenters. The molecule has 0 saturated carbocycles. The van der Waals surface area contributed by atoms with Crippen molar-refractivity contribution < 1.29 is 26.4 Å². The van der Waals surface area contributed by atoms with Crippen molar-refractivity contribution in [1.82, 2.24) is 4.72 Å². The first kappa shape index (κ1) is 18.0. The second-order valence-corrected chi connectivity index (χ2v) is 6.47. The van der Waals surface area contributed by atoms with Crippen LogP contribution in [-0.2, 0) is 21.0 Å². The zero-order valence-electron chi connectivity index (χ0n) is 12.2. The van der Waals surface area contributed by atoms with Gasteiger partial charge in [0.15, 0.2) is 0 Å². The fourth-order valence-corrected chi connectivity index (χ4v) is 3.11. The summed E-state index contributed by atoms with van der Waals surface area (Å²) in [5.41, 5.74) is -0.849. The van der Waals surface area contributed by atoms with Gasteiger partial charge in [-0.15, -0.1) is 0 Å². The van der Waals surface area contributed by atoms with E-state index in [1.54, 1.807) is 30.3 Å². The first-order chi connectivity index (χ1) is 11.2. The van der Waals surface area contributed by atoms with Gasteiger partial charge in [-0.25, -0.2) is 13.1 Å². The quantitative estimate of drug-likeness (QED) is 0.863. The van der Waals surface area contributed by atoms with Crippen LogP contribution in [0.2, 0.25) is 0 Å². The van der Waals surface area contributed by atoms with Gasteiger partial charge in [-0.2, -0.15) is 13.2 Å². The highest BCUT2D eigenvalue weighted by Crippen LogP contribution is 2.33. The summed E-state index contributed by atoms with van der Waals surface area (Å²) in [5.74, 6) is -0.700. The van der Waals surface area contributed by atoms with Gasteiger partial charge in [-0.05, 0) is 24.3 Å². The Hall–Kier alpha value is -2.39. The number of carbonyl (C=O) groups excluding carboxylic acids is 1. The Morgan fingerprint density at radius 2 is 1.54 bits per heavy atom. The van der Waals surface area contributed by atoms with Crippen LogP contribution in [0.4, 0.5) is 18.9 Å². The molecule has 1 amide bonds. The minimum atomic E-state index is -4.82. The van der Waals surface area contributed by atoms with Crippen molar-refractivity contribution in [2.24, 2.45) is 0 Å². The number of hydrogen-bond donors (Lipinski definition) is 2. The van der Waals surface area contributed by atoms with Gasteiger partial charge < -0.3 is 5.32 Å². The Morgan fingerprint density at radius 1 is 0.958 bits per heavy atom. The molecule has 2 N–H and O–H groups in total. The fraction of sp³-hybridized carbons (Fsp3) is 0.133. The third-order valence-corrected chi connectivity index (χ3v) is 4.42. The van der Waals surface area contributed by atoms with Gasteiger partial charge in [0.25, 0.3) is 0 Å². The van der Waals surface area contributed by atoms with E-state index in [-0.39, 0.29) is 0 Å². The van der Waals surface area contributed by atoms with Crippen molar-refractivity contribution in [2.75, 3.05) is 11.9 Å². The van der Waals surface area contributed by atoms with Crippen molar-refractivity contribution >= 4 is 21.6 Å². The maximum absolute atomic E-state index is 12.9. The number of benzene rings is 2. The monoisotopic (exact) mass is 358 g/mol. The molecule has 9 heteroatoms. The Bertz CT molecular complexity index is 821. The molecule has 2 aromatic carbocycles. The summed E-state index contributed by atoms with van der Waals surface area (Å²) in [5, 5.41) is 2.42. The smallest absolute Gasteiger partial charge is 0.325 e. The molecule has 2 aromatic rings. The number of hydrogen-bond acceptors (Lipinski definition) is 3. The summed E-state index contributed by atoms with van der Waals surface area (Å²) >= 11 is 0. The zero-order valence-corrected chi connectivity index (χ0v) is 13.0. The summed E-state index contributed by atoms with van der Waals surface area (Å²) < 4.78 is 64.7. The molecule has 0 aromatic heterocycles. The molecular weight excluding hydrogens is 345 g/mol. The standard InChI is InChI=1S/C15H13F3N2O3S/c16-15(17,18)12-8-4-5-9-13(12)24(22,23)19-10-14(21)20-11-6-2-1-3-7-11/h1-9,19H,10H2,(H,20,21). The van der Waals surface area contributed by atoms with Gasteiger partial charge in [0.1, 0.15) is 0 Å². The van der Waals surface area contributed by atoms with E-state index in [1.165, 1.54) is 6.07 Å². The number of alkyl halides is 3. The highest BCUT2D eigenvalue weighted by atomic mass is 32.2. The number of amides is 1. The molecule has 128 valence electrons. The van der Waals surface area contributed by atoms with Gasteiger partial charge in [-0.1, -0.05) is 30.3 Å². The third kappa shape index (κ3) is 4.56. The molecule has 0 aliphatic carbocycles. The van der Waals surface area contributed by atoms with E-state index in [2.05, 4.69) is 5.32 Å². The second-order valence-electron chi connectivity index (χ2n) is 4.73. The molecule has 0 heterocycles. The molecule has 0 unspecified atom stereocenters. The molecule has 0 spiro atoms. The molecule has 5 nitrogen and oxygen atoms in total. The van der Waals surface area contributed by atoms with E-state index in [0.717, 1.165) is 12.1 Å². The lowest BCUT2D eigenvalue weighted by Crippen LogP contribution is -2.33. The van der Waals surface area contributed by atoms with Crippen molar-refractivity contribution in [3.05, 3.63) is 60.2 Å². The van der Waals surface area contributed by atoms with E-state index in [0.29, 0.717) is 11.8 Å². The summed E-state index contributed by atoms with van der Waals surface area (Å²) in [6.07, 6.45) is -4.82. The normalized spacial score (nSPS) is 12.0. The van der Waals surface area contributed by atoms with E-state index < -0.39 is 39.1 Å². The van der Waals surface area contributed by atoms with Gasteiger partial charge in [0, 0.05) is 5.69 Å². The van der Waals surface area contributed by atoms with Gasteiger partial charge in [-0.3, -0.25) is 4.79 Å². The van der Waals surface area contributed by atoms with Crippen molar-refractivity contribution in [2.45, 2.75) is 11.1 Å². The van der Waals surface area contributed by atoms with Crippen LogP contribution in [0.15, 0.2) is 59.5 Å². The molecule has 0 fully saturated rings. The van der Waals surface area contributed by atoms with Crippen molar-refractivity contribution in [1.29, 1.82) is 0 Å². The Kier molecular flexibility index (Phi) is 5.25. The zero-order chi connectivity index (χ0) is 17.8. The maximum atomic E-state index is 12.9. The predicted molar refractivity (Wildman–Crippen MR) is 81.7 cm³/mol. The number of halogens is 3. The van der Waals surface area contributed by atoms with Crippen LogP contribution in [0, 0.1) is 0 Å². The minimum Gasteiger partial charge on any atom is -0.325 e. The van der Waals surface area contributed by atoms with Crippen LogP contribution < -0.4 is 10.0 Å². The Balaban J connectivity index is 2.11. The molecule has 0 aliphatic heterocycles. The third-order valence-electron chi connectivity index (χ3n) is 2.96. The molecule has 0 bridgehead atoms. The molecule has 0 saturated heterocycles. The summed E-state index contributed by atoms with van der Waals surface area (Å²) in [6, 6.07) is 12.0. The van der Waals surface area contributed by atoms with Gasteiger partial charge in [0.05, 0.1) is 17.0 Å². The lowest BCUT2D eigenvalue weighted by molar-refractivity contribution is -0.139. The largest absolute Gasteiger partial charge is 0.417 e. The molecule has 0 aliphatic rings. The Morgan fingerprint density at radius 3 is 2.17 bits per heavy atom. The lowest BCUT2D eigenvalue weighted by Gasteiger charge is -2.13. The number of sulfonamides is 1. The van der Waals surface area contributed by atoms with Crippen LogP contribution >= 0.6 is 0 Å². The van der Waals surface area contributed by atoms with Crippen LogP contribution in [-0.4, -0.2) is 20.9 Å². The van der Waals surface area contributed by atoms with Crippen LogP contribution in [0.1, 0.15) is 5.56 Å². The first-order valence-corrected chi connectivity index (χ1v) is 8.19. The van der Waals surface area contributed by atoms with Gasteiger partial charge >= 0.3 is 6.18 Å². The Labute approximate surface area is 136 Å². The number of rotatable bonds is 5. The van der Waals surface area contributed by atoms with Gasteiger partial charge in [0.2, 0.25) is 15.9 Å². The molecule has 0 radical (unpaired) electrons. The average Bonchev–Trinajstić information content (AvgIpc) is 2.53. The average molecular weight is 358 g/mol. The first-order valence-electron chi connectivity index (χ1n) is 6.71. The van der Waals surface area contributed by atoms with E-state index in [1.807, 2.05) is 4.72 Å². The summed E-state index contributed by atoms with van der Waals surface area (Å²) in [6.45, 7) is -0.691. The number of carbonyl (C=O) groups is 1. The number of anilines is 1. The molecular formula is C15H13F3N2O3S. The van der Waals surface area contributed by atoms with Crippen molar-refractivity contribution in [3.63, 3.8) is 0 Å². The maximum Gasteiger partial charge on any atom is 0.417 e. The summed E-state index contributed by atoms with van der Waals surface area (Å²) in [7, 11) is -4.49. The molecule has 2 rings (SSSR count). The highest BCUT2D eigenvalue weighted by molar-refractivity contribution is 7.89. The second kappa shape index (κ2) is 7.02. The van der Waals surface area contributed by atoms with E-state index in [9.17, 15) is 26.4 Å². The van der Waals surface area contributed by atoms with Crippen LogP contribution in [0.25, 0.3) is 0 Å². The highest BCUT2D eigenvalue weighted by Gasteiger charge is 2.36. The summed E-state index contributed by atoms with van der Waals surface area (Å²) in [4.78, 5) is 10.8. The van der Waals surface area contributed by atoms with E-state index in [4.69, 9.17) is 0 Å². The van der Waals surface area contributed by atoms with Crippen molar-refractivity contribution in [3.8, 4) is 0 Å². The van der Waals surface area contributed by atoms with Crippen LogP contribution in [0.3, 0.4) is 0 Å². The minimum absolute atomic E-state index is 0.442. The number of para-hydroxylation sites is 1. The lowest BCUT2D eigenvalue weighted by atomic mass is 10.2. The molecule has 24 heavy (non-hydrogen) atoms. The topological polar surface area (TPSA) is 75.3 Å². The van der Waals surface area contributed by atoms with Crippen LogP contribution in [0.5, 0.6) is 0 Å². The SMILES string of the molecule is O=C(CNS(=O)(=O)c1ccccc1C(F)(F)F)Nc1ccccc1.